The molecular formula is C20H23NO3S. The van der Waals surface area contributed by atoms with Gasteiger partial charge in [-0.25, -0.2) is 8.42 Å². The monoisotopic (exact) mass is 357 g/mol. The normalized spacial score (nSPS) is 15.3. The van der Waals surface area contributed by atoms with Crippen molar-refractivity contribution in [3.63, 3.8) is 0 Å². The highest BCUT2D eigenvalue weighted by atomic mass is 32.2. The Morgan fingerprint density at radius 3 is 2.44 bits per heavy atom. The third kappa shape index (κ3) is 3.61. The average Bonchev–Trinajstić information content (AvgIpc) is 3.13. The number of rotatable bonds is 4. The van der Waals surface area contributed by atoms with E-state index in [0.717, 1.165) is 36.8 Å². The molecule has 0 radical (unpaired) electrons. The highest BCUT2D eigenvalue weighted by Gasteiger charge is 2.30. The second-order valence-corrected chi connectivity index (χ2v) is 8.91. The van der Waals surface area contributed by atoms with Gasteiger partial charge in [-0.15, -0.1) is 0 Å². The lowest BCUT2D eigenvalue weighted by molar-refractivity contribution is 0.102. The van der Waals surface area contributed by atoms with Crippen LogP contribution in [0.5, 0.6) is 0 Å². The Labute approximate surface area is 149 Å². The van der Waals surface area contributed by atoms with E-state index in [1.807, 2.05) is 26.0 Å². The van der Waals surface area contributed by atoms with Gasteiger partial charge in [-0.05, 0) is 62.1 Å². The molecule has 0 bridgehead atoms. The molecule has 2 aromatic carbocycles. The molecule has 0 spiro atoms. The molecule has 1 amide bonds. The Morgan fingerprint density at radius 1 is 1.04 bits per heavy atom. The van der Waals surface area contributed by atoms with E-state index < -0.39 is 9.84 Å². The van der Waals surface area contributed by atoms with Crippen molar-refractivity contribution >= 4 is 21.4 Å². The van der Waals surface area contributed by atoms with E-state index in [2.05, 4.69) is 5.32 Å². The molecule has 5 heteroatoms. The molecular weight excluding hydrogens is 334 g/mol. The number of aryl methyl sites for hydroxylation is 1. The number of nitrogens with one attached hydrogen (secondary N) is 1. The number of sulfone groups is 1. The zero-order valence-electron chi connectivity index (χ0n) is 14.6. The van der Waals surface area contributed by atoms with Crippen molar-refractivity contribution in [1.82, 2.24) is 0 Å². The van der Waals surface area contributed by atoms with Crippen LogP contribution in [0, 0.1) is 13.8 Å². The molecule has 25 heavy (non-hydrogen) atoms. The highest BCUT2D eigenvalue weighted by molar-refractivity contribution is 7.92. The molecule has 0 heterocycles. The van der Waals surface area contributed by atoms with Crippen molar-refractivity contribution in [3.05, 3.63) is 59.2 Å². The first kappa shape index (κ1) is 17.7. The molecule has 0 saturated heterocycles. The molecule has 4 nitrogen and oxygen atoms in total. The van der Waals surface area contributed by atoms with Gasteiger partial charge < -0.3 is 5.32 Å². The maximum Gasteiger partial charge on any atom is 0.255 e. The smallest absolute Gasteiger partial charge is 0.255 e. The van der Waals surface area contributed by atoms with E-state index in [0.29, 0.717) is 11.3 Å². The average molecular weight is 357 g/mol. The van der Waals surface area contributed by atoms with E-state index in [1.165, 1.54) is 0 Å². The fourth-order valence-corrected chi connectivity index (χ4v) is 5.24. The Hall–Kier alpha value is -2.14. The Morgan fingerprint density at radius 2 is 1.72 bits per heavy atom. The van der Waals surface area contributed by atoms with Crippen LogP contribution < -0.4 is 5.32 Å². The number of benzene rings is 2. The van der Waals surface area contributed by atoms with Crippen LogP contribution in [0.2, 0.25) is 0 Å². The summed E-state index contributed by atoms with van der Waals surface area (Å²) in [5, 5.41) is 2.53. The molecule has 3 rings (SSSR count). The van der Waals surface area contributed by atoms with E-state index in [9.17, 15) is 13.2 Å². The Balaban J connectivity index is 1.85. The third-order valence-electron chi connectivity index (χ3n) is 5.01. The van der Waals surface area contributed by atoms with Crippen molar-refractivity contribution in [3.8, 4) is 0 Å². The van der Waals surface area contributed by atoms with Crippen molar-refractivity contribution in [2.45, 2.75) is 49.7 Å². The number of anilines is 1. The van der Waals surface area contributed by atoms with Gasteiger partial charge in [0.15, 0.2) is 9.84 Å². The van der Waals surface area contributed by atoms with Gasteiger partial charge in [0, 0.05) is 11.3 Å². The fourth-order valence-electron chi connectivity index (χ4n) is 3.34. The summed E-state index contributed by atoms with van der Waals surface area (Å²) < 4.78 is 25.5. The number of amides is 1. The SMILES string of the molecule is Cc1cccc(C(=O)Nc2cccc(S(=O)(=O)C3CCCC3)c2)c1C. The summed E-state index contributed by atoms with van der Waals surface area (Å²) in [4.78, 5) is 12.8. The first-order valence-electron chi connectivity index (χ1n) is 8.61. The van der Waals surface area contributed by atoms with Gasteiger partial charge in [0.1, 0.15) is 0 Å². The first-order chi connectivity index (χ1) is 11.9. The fraction of sp³-hybridized carbons (Fsp3) is 0.350. The van der Waals surface area contributed by atoms with Crippen LogP contribution in [0.3, 0.4) is 0 Å². The van der Waals surface area contributed by atoms with Crippen molar-refractivity contribution < 1.29 is 13.2 Å². The van der Waals surface area contributed by atoms with Crippen molar-refractivity contribution in [2.24, 2.45) is 0 Å². The summed E-state index contributed by atoms with van der Waals surface area (Å²) in [6.45, 7) is 3.87. The lowest BCUT2D eigenvalue weighted by Crippen LogP contribution is -2.18. The van der Waals surface area contributed by atoms with Crippen LogP contribution in [-0.4, -0.2) is 19.6 Å². The molecule has 0 atom stereocenters. The van der Waals surface area contributed by atoms with E-state index in [1.54, 1.807) is 30.3 Å². The maximum atomic E-state index is 12.7. The third-order valence-corrected chi connectivity index (χ3v) is 7.27. The summed E-state index contributed by atoms with van der Waals surface area (Å²) in [6, 6.07) is 12.2. The summed E-state index contributed by atoms with van der Waals surface area (Å²) >= 11 is 0. The molecule has 2 aromatic rings. The number of carbonyl (C=O) groups is 1. The van der Waals surface area contributed by atoms with E-state index in [-0.39, 0.29) is 16.1 Å². The van der Waals surface area contributed by atoms with Crippen LogP contribution >= 0.6 is 0 Å². The molecule has 1 saturated carbocycles. The number of hydrogen-bond donors (Lipinski definition) is 1. The van der Waals surface area contributed by atoms with Gasteiger partial charge in [0.05, 0.1) is 10.1 Å². The van der Waals surface area contributed by atoms with Gasteiger partial charge in [-0.2, -0.15) is 0 Å². The lowest BCUT2D eigenvalue weighted by atomic mass is 10.0. The molecule has 0 unspecified atom stereocenters. The lowest BCUT2D eigenvalue weighted by Gasteiger charge is -2.13. The van der Waals surface area contributed by atoms with Crippen LogP contribution in [0.1, 0.15) is 47.2 Å². The van der Waals surface area contributed by atoms with Crippen LogP contribution in [-0.2, 0) is 9.84 Å². The topological polar surface area (TPSA) is 63.2 Å². The standard InChI is InChI=1S/C20H23NO3S/c1-14-7-5-12-19(15(14)2)20(22)21-16-8-6-11-18(13-16)25(23,24)17-9-3-4-10-17/h5-8,11-13,17H,3-4,9-10H2,1-2H3,(H,21,22). The van der Waals surface area contributed by atoms with Crippen LogP contribution in [0.15, 0.2) is 47.4 Å². The van der Waals surface area contributed by atoms with Gasteiger partial charge in [0.25, 0.3) is 5.91 Å². The quantitative estimate of drug-likeness (QED) is 0.889. The molecule has 1 aliphatic rings. The predicted octanol–water partition coefficient (Wildman–Crippen LogP) is 4.27. The Bertz CT molecular complexity index is 897. The van der Waals surface area contributed by atoms with E-state index >= 15 is 0 Å². The second-order valence-electron chi connectivity index (χ2n) is 6.68. The van der Waals surface area contributed by atoms with Gasteiger partial charge in [-0.3, -0.25) is 4.79 Å². The van der Waals surface area contributed by atoms with Gasteiger partial charge >= 0.3 is 0 Å². The minimum Gasteiger partial charge on any atom is -0.322 e. The maximum absolute atomic E-state index is 12.7. The molecule has 1 N–H and O–H groups in total. The zero-order chi connectivity index (χ0) is 18.0. The molecule has 132 valence electrons. The Kier molecular flexibility index (Phi) is 4.95. The molecule has 1 aliphatic carbocycles. The largest absolute Gasteiger partial charge is 0.322 e. The summed E-state index contributed by atoms with van der Waals surface area (Å²) in [7, 11) is -3.33. The zero-order valence-corrected chi connectivity index (χ0v) is 15.4. The number of carbonyl (C=O) groups excluding carboxylic acids is 1. The minimum atomic E-state index is -3.33. The second kappa shape index (κ2) is 7.00. The van der Waals surface area contributed by atoms with Crippen LogP contribution in [0.4, 0.5) is 5.69 Å². The van der Waals surface area contributed by atoms with Gasteiger partial charge in [-0.1, -0.05) is 31.0 Å². The molecule has 0 aromatic heterocycles. The first-order valence-corrected chi connectivity index (χ1v) is 10.2. The number of hydrogen-bond acceptors (Lipinski definition) is 3. The summed E-state index contributed by atoms with van der Waals surface area (Å²) in [5.74, 6) is -0.225. The van der Waals surface area contributed by atoms with Gasteiger partial charge in [0.2, 0.25) is 0 Å². The minimum absolute atomic E-state index is 0.225. The van der Waals surface area contributed by atoms with Crippen molar-refractivity contribution in [1.29, 1.82) is 0 Å². The van der Waals surface area contributed by atoms with E-state index in [4.69, 9.17) is 0 Å². The molecule has 0 aliphatic heterocycles. The predicted molar refractivity (Wildman–Crippen MR) is 99.8 cm³/mol. The van der Waals surface area contributed by atoms with Crippen LogP contribution in [0.25, 0.3) is 0 Å². The highest BCUT2D eigenvalue weighted by Crippen LogP contribution is 2.30. The summed E-state index contributed by atoms with van der Waals surface area (Å²) in [5.41, 5.74) is 3.08. The van der Waals surface area contributed by atoms with Crippen molar-refractivity contribution in [2.75, 3.05) is 5.32 Å². The molecule has 1 fully saturated rings. The summed E-state index contributed by atoms with van der Waals surface area (Å²) in [6.07, 6.45) is 3.38.